The lowest BCUT2D eigenvalue weighted by Gasteiger charge is -2.26. The molecule has 0 aliphatic heterocycles. The Morgan fingerprint density at radius 3 is 2.75 bits per heavy atom. The van der Waals surface area contributed by atoms with E-state index in [9.17, 15) is 14.0 Å². The first-order chi connectivity index (χ1) is 11.5. The largest absolute Gasteiger partial charge is 0.489 e. The molecule has 0 saturated heterocycles. The molecule has 0 aromatic heterocycles. The van der Waals surface area contributed by atoms with Gasteiger partial charge in [-0.15, -0.1) is 0 Å². The Hall–Kier alpha value is -2.15. The molecule has 2 unspecified atom stereocenters. The average molecular weight is 339 g/mol. The number of carboxylic acids is 1. The van der Waals surface area contributed by atoms with Gasteiger partial charge in [-0.25, -0.2) is 4.39 Å². The zero-order valence-electron chi connectivity index (χ0n) is 13.6. The molecule has 0 spiro atoms. The Morgan fingerprint density at radius 2 is 2.04 bits per heavy atom. The molecule has 0 radical (unpaired) electrons. The van der Waals surface area contributed by atoms with E-state index < -0.39 is 23.6 Å². The molecule has 1 saturated carbocycles. The molecule has 1 aromatic carbocycles. The van der Waals surface area contributed by atoms with Crippen molar-refractivity contribution in [1.29, 1.82) is 0 Å². The van der Waals surface area contributed by atoms with Gasteiger partial charge in [-0.05, 0) is 31.4 Å². The molecule has 1 aliphatic carbocycles. The highest BCUT2D eigenvalue weighted by Gasteiger charge is 2.31. The second-order valence-electron chi connectivity index (χ2n) is 5.87. The zero-order valence-corrected chi connectivity index (χ0v) is 13.6. The number of hydrogen-bond acceptors (Lipinski definition) is 4. The smallest absolute Gasteiger partial charge is 0.306 e. The van der Waals surface area contributed by atoms with Gasteiger partial charge in [0, 0.05) is 19.1 Å². The Bertz CT molecular complexity index is 592. The molecule has 1 aromatic rings. The number of aliphatic carboxylic acids is 1. The van der Waals surface area contributed by atoms with Crippen molar-refractivity contribution < 1.29 is 28.6 Å². The summed E-state index contributed by atoms with van der Waals surface area (Å²) in [5.41, 5.74) is 0.244. The van der Waals surface area contributed by atoms with Crippen LogP contribution in [0.3, 0.4) is 0 Å². The molecule has 6 nitrogen and oxygen atoms in total. The molecule has 1 aliphatic rings. The van der Waals surface area contributed by atoms with Crippen molar-refractivity contribution in [2.75, 3.05) is 25.6 Å². The number of halogens is 1. The van der Waals surface area contributed by atoms with E-state index in [1.165, 1.54) is 18.2 Å². The van der Waals surface area contributed by atoms with Crippen LogP contribution in [0.5, 0.6) is 5.75 Å². The lowest BCUT2D eigenvalue weighted by atomic mass is 9.81. The van der Waals surface area contributed by atoms with E-state index in [1.807, 2.05) is 0 Å². The minimum absolute atomic E-state index is 0.244. The SMILES string of the molecule is COCCOc1ccc(F)cc1NC(=O)C1CCCC(C(=O)O)C1. The van der Waals surface area contributed by atoms with Gasteiger partial charge in [0.25, 0.3) is 0 Å². The van der Waals surface area contributed by atoms with Crippen LogP contribution in [-0.2, 0) is 14.3 Å². The van der Waals surface area contributed by atoms with E-state index in [0.29, 0.717) is 38.0 Å². The van der Waals surface area contributed by atoms with Crippen LogP contribution in [0.4, 0.5) is 10.1 Å². The summed E-state index contributed by atoms with van der Waals surface area (Å²) in [6, 6.07) is 3.89. The van der Waals surface area contributed by atoms with Crippen LogP contribution in [0.2, 0.25) is 0 Å². The fourth-order valence-corrected chi connectivity index (χ4v) is 2.85. The summed E-state index contributed by atoms with van der Waals surface area (Å²) >= 11 is 0. The van der Waals surface area contributed by atoms with Crippen LogP contribution in [0.15, 0.2) is 18.2 Å². The number of rotatable bonds is 7. The minimum Gasteiger partial charge on any atom is -0.489 e. The standard InChI is InChI=1S/C17H22FNO5/c1-23-7-8-24-15-6-5-13(18)10-14(15)19-16(20)11-3-2-4-12(9-11)17(21)22/h5-6,10-12H,2-4,7-9H2,1H3,(H,19,20)(H,21,22). The molecule has 0 bridgehead atoms. The summed E-state index contributed by atoms with van der Waals surface area (Å²) in [7, 11) is 1.54. The Balaban J connectivity index is 2.04. The molecule has 0 heterocycles. The van der Waals surface area contributed by atoms with Crippen molar-refractivity contribution in [3.8, 4) is 5.75 Å². The zero-order chi connectivity index (χ0) is 17.5. The number of ether oxygens (including phenoxy) is 2. The number of carbonyl (C=O) groups excluding carboxylic acids is 1. The molecule has 1 amide bonds. The summed E-state index contributed by atoms with van der Waals surface area (Å²) in [5, 5.41) is 11.8. The predicted octanol–water partition coefficient (Wildman–Crippen LogP) is 2.68. The van der Waals surface area contributed by atoms with Crippen molar-refractivity contribution in [3.63, 3.8) is 0 Å². The predicted molar refractivity (Wildman–Crippen MR) is 85.5 cm³/mol. The molecule has 2 rings (SSSR count). The van der Waals surface area contributed by atoms with Crippen molar-refractivity contribution in [1.82, 2.24) is 0 Å². The normalized spacial score (nSPS) is 20.4. The number of amides is 1. The van der Waals surface area contributed by atoms with Crippen LogP contribution in [-0.4, -0.2) is 37.3 Å². The van der Waals surface area contributed by atoms with Crippen molar-refractivity contribution in [2.24, 2.45) is 11.8 Å². The van der Waals surface area contributed by atoms with Crippen LogP contribution < -0.4 is 10.1 Å². The molecule has 132 valence electrons. The molecule has 2 N–H and O–H groups in total. The fraction of sp³-hybridized carbons (Fsp3) is 0.529. The maximum absolute atomic E-state index is 13.5. The Morgan fingerprint density at radius 1 is 1.29 bits per heavy atom. The van der Waals surface area contributed by atoms with Gasteiger partial charge in [0.05, 0.1) is 18.2 Å². The third kappa shape index (κ3) is 4.92. The first-order valence-corrected chi connectivity index (χ1v) is 7.96. The highest BCUT2D eigenvalue weighted by molar-refractivity contribution is 5.94. The number of benzene rings is 1. The number of hydrogen-bond donors (Lipinski definition) is 2. The lowest BCUT2D eigenvalue weighted by molar-refractivity contribution is -0.143. The molecule has 7 heteroatoms. The van der Waals surface area contributed by atoms with E-state index >= 15 is 0 Å². The topological polar surface area (TPSA) is 84.9 Å². The van der Waals surface area contributed by atoms with Gasteiger partial charge in [-0.3, -0.25) is 9.59 Å². The summed E-state index contributed by atoms with van der Waals surface area (Å²) in [4.78, 5) is 23.5. The van der Waals surface area contributed by atoms with Gasteiger partial charge in [-0.1, -0.05) is 6.42 Å². The fourth-order valence-electron chi connectivity index (χ4n) is 2.85. The van der Waals surface area contributed by atoms with Gasteiger partial charge >= 0.3 is 5.97 Å². The number of methoxy groups -OCH3 is 1. The second-order valence-corrected chi connectivity index (χ2v) is 5.87. The van der Waals surface area contributed by atoms with Gasteiger partial charge in [0.1, 0.15) is 18.2 Å². The first kappa shape index (κ1) is 18.2. The molecule has 1 fully saturated rings. The van der Waals surface area contributed by atoms with Gasteiger partial charge in [0.15, 0.2) is 0 Å². The molecular weight excluding hydrogens is 317 g/mol. The summed E-state index contributed by atoms with van der Waals surface area (Å²) in [6.07, 6.45) is 2.21. The highest BCUT2D eigenvalue weighted by atomic mass is 19.1. The maximum Gasteiger partial charge on any atom is 0.306 e. The second kappa shape index (κ2) is 8.63. The summed E-state index contributed by atoms with van der Waals surface area (Å²) < 4.78 is 23.9. The van der Waals surface area contributed by atoms with Crippen LogP contribution in [0, 0.1) is 17.7 Å². The number of carbonyl (C=O) groups is 2. The molecule has 24 heavy (non-hydrogen) atoms. The lowest BCUT2D eigenvalue weighted by Crippen LogP contribution is -2.31. The highest BCUT2D eigenvalue weighted by Crippen LogP contribution is 2.32. The average Bonchev–Trinajstić information content (AvgIpc) is 2.57. The first-order valence-electron chi connectivity index (χ1n) is 7.96. The minimum atomic E-state index is -0.873. The van der Waals surface area contributed by atoms with E-state index in [-0.39, 0.29) is 18.2 Å². The number of carboxylic acid groups (broad SMARTS) is 1. The van der Waals surface area contributed by atoms with Crippen molar-refractivity contribution in [3.05, 3.63) is 24.0 Å². The van der Waals surface area contributed by atoms with E-state index in [1.54, 1.807) is 7.11 Å². The van der Waals surface area contributed by atoms with Crippen LogP contribution in [0.25, 0.3) is 0 Å². The third-order valence-corrected chi connectivity index (χ3v) is 4.14. The number of anilines is 1. The maximum atomic E-state index is 13.5. The summed E-state index contributed by atoms with van der Waals surface area (Å²) in [5.74, 6) is -2.21. The quantitative estimate of drug-likeness (QED) is 0.746. The Kier molecular flexibility index (Phi) is 6.54. The van der Waals surface area contributed by atoms with E-state index in [2.05, 4.69) is 5.32 Å². The molecular formula is C17H22FNO5. The van der Waals surface area contributed by atoms with Crippen LogP contribution in [0.1, 0.15) is 25.7 Å². The Labute approximate surface area is 139 Å². The van der Waals surface area contributed by atoms with Gasteiger partial charge < -0.3 is 19.9 Å². The van der Waals surface area contributed by atoms with E-state index in [0.717, 1.165) is 0 Å². The monoisotopic (exact) mass is 339 g/mol. The van der Waals surface area contributed by atoms with E-state index in [4.69, 9.17) is 14.6 Å². The van der Waals surface area contributed by atoms with Gasteiger partial charge in [-0.2, -0.15) is 0 Å². The third-order valence-electron chi connectivity index (χ3n) is 4.14. The van der Waals surface area contributed by atoms with Gasteiger partial charge in [0.2, 0.25) is 5.91 Å². The van der Waals surface area contributed by atoms with Crippen LogP contribution >= 0.6 is 0 Å². The van der Waals surface area contributed by atoms with Crippen molar-refractivity contribution in [2.45, 2.75) is 25.7 Å². The summed E-state index contributed by atoms with van der Waals surface area (Å²) in [6.45, 7) is 0.642. The van der Waals surface area contributed by atoms with Crippen molar-refractivity contribution >= 4 is 17.6 Å². The number of nitrogens with one attached hydrogen (secondary N) is 1. The molecule has 2 atom stereocenters.